The van der Waals surface area contributed by atoms with E-state index in [2.05, 4.69) is 11.4 Å². The Morgan fingerprint density at radius 1 is 1.10 bits per heavy atom. The first-order valence-corrected chi connectivity index (χ1v) is 11.4. The number of hydrogen-bond donors (Lipinski definition) is 1. The van der Waals surface area contributed by atoms with Crippen molar-refractivity contribution in [3.8, 4) is 6.07 Å². The van der Waals surface area contributed by atoms with Crippen molar-refractivity contribution in [2.75, 3.05) is 19.6 Å². The molecule has 1 aliphatic rings. The molecule has 0 atom stereocenters. The van der Waals surface area contributed by atoms with Crippen LogP contribution in [0.15, 0.2) is 53.4 Å². The van der Waals surface area contributed by atoms with Gasteiger partial charge in [0.25, 0.3) is 5.91 Å². The highest BCUT2D eigenvalue weighted by Crippen LogP contribution is 2.26. The van der Waals surface area contributed by atoms with Gasteiger partial charge < -0.3 is 10.2 Å². The molecule has 0 unspecified atom stereocenters. The summed E-state index contributed by atoms with van der Waals surface area (Å²) in [6, 6.07) is 17.2. The molecule has 6 heteroatoms. The predicted molar refractivity (Wildman–Crippen MR) is 119 cm³/mol. The number of likely N-dealkylation sites (tertiary alicyclic amines) is 1. The Morgan fingerprint density at radius 2 is 1.90 bits per heavy atom. The van der Waals surface area contributed by atoms with Crippen LogP contribution in [-0.2, 0) is 10.5 Å². The minimum Gasteiger partial charge on any atom is -0.352 e. The Labute approximate surface area is 182 Å². The van der Waals surface area contributed by atoms with E-state index in [1.54, 1.807) is 11.8 Å². The van der Waals surface area contributed by atoms with Crippen molar-refractivity contribution in [1.82, 2.24) is 10.2 Å². The summed E-state index contributed by atoms with van der Waals surface area (Å²) in [6.45, 7) is 2.09. The van der Waals surface area contributed by atoms with Gasteiger partial charge in [0.15, 0.2) is 0 Å². The maximum atomic E-state index is 12.7. The summed E-state index contributed by atoms with van der Waals surface area (Å²) in [5, 5.41) is 11.9. The Balaban J connectivity index is 1.49. The second kappa shape index (κ2) is 11.4. The molecule has 2 aromatic rings. The average Bonchev–Trinajstić information content (AvgIpc) is 2.99. The molecule has 2 aromatic carbocycles. The first-order chi connectivity index (χ1) is 14.7. The molecule has 0 radical (unpaired) electrons. The zero-order valence-corrected chi connectivity index (χ0v) is 17.9. The quantitative estimate of drug-likeness (QED) is 0.507. The summed E-state index contributed by atoms with van der Waals surface area (Å²) in [5.74, 6) is 0.885. The van der Waals surface area contributed by atoms with Crippen LogP contribution in [-0.4, -0.2) is 36.3 Å². The molecule has 30 heavy (non-hydrogen) atoms. The molecular weight excluding hydrogens is 394 g/mol. The van der Waals surface area contributed by atoms with Crippen LogP contribution in [0.5, 0.6) is 0 Å². The van der Waals surface area contributed by atoms with Crippen molar-refractivity contribution >= 4 is 23.6 Å². The molecule has 0 aliphatic carbocycles. The van der Waals surface area contributed by atoms with Crippen LogP contribution in [0.3, 0.4) is 0 Å². The molecule has 3 rings (SSSR count). The number of benzene rings is 2. The largest absolute Gasteiger partial charge is 0.352 e. The normalized spacial score (nSPS) is 14.1. The molecule has 0 aromatic heterocycles. The van der Waals surface area contributed by atoms with Gasteiger partial charge in [0.05, 0.1) is 17.2 Å². The lowest BCUT2D eigenvalue weighted by atomic mass is 10.2. The predicted octanol–water partition coefficient (Wildman–Crippen LogP) is 4.37. The monoisotopic (exact) mass is 421 g/mol. The minimum absolute atomic E-state index is 0.0832. The second-order valence-corrected chi connectivity index (χ2v) is 8.41. The number of nitrogens with zero attached hydrogens (tertiary/aromatic N) is 2. The van der Waals surface area contributed by atoms with Gasteiger partial charge in [-0.3, -0.25) is 9.59 Å². The van der Waals surface area contributed by atoms with Crippen LogP contribution < -0.4 is 5.32 Å². The highest BCUT2D eigenvalue weighted by molar-refractivity contribution is 7.98. The summed E-state index contributed by atoms with van der Waals surface area (Å²) in [5.41, 5.74) is 2.42. The van der Waals surface area contributed by atoms with Gasteiger partial charge in [-0.15, -0.1) is 11.8 Å². The zero-order chi connectivity index (χ0) is 21.2. The van der Waals surface area contributed by atoms with E-state index in [9.17, 15) is 9.59 Å². The Kier molecular flexibility index (Phi) is 8.34. The van der Waals surface area contributed by atoms with Gasteiger partial charge >= 0.3 is 0 Å². The van der Waals surface area contributed by atoms with Gasteiger partial charge in [-0.2, -0.15) is 5.26 Å². The van der Waals surface area contributed by atoms with Gasteiger partial charge in [-0.25, -0.2) is 0 Å². The lowest BCUT2D eigenvalue weighted by Crippen LogP contribution is -2.34. The third-order valence-corrected chi connectivity index (χ3v) is 6.32. The van der Waals surface area contributed by atoms with Crippen LogP contribution in [0, 0.1) is 11.3 Å². The van der Waals surface area contributed by atoms with Crippen molar-refractivity contribution in [3.05, 3.63) is 65.2 Å². The number of nitriles is 1. The van der Waals surface area contributed by atoms with Gasteiger partial charge in [0, 0.05) is 36.7 Å². The molecular formula is C24H27N3O2S. The molecule has 1 heterocycles. The molecule has 0 bridgehead atoms. The molecule has 156 valence electrons. The van der Waals surface area contributed by atoms with Gasteiger partial charge in [0.2, 0.25) is 5.91 Å². The van der Waals surface area contributed by atoms with E-state index in [1.165, 1.54) is 0 Å². The Hall–Kier alpha value is -2.78. The number of amides is 2. The smallest absolute Gasteiger partial charge is 0.252 e. The van der Waals surface area contributed by atoms with Crippen molar-refractivity contribution in [3.63, 3.8) is 0 Å². The van der Waals surface area contributed by atoms with E-state index in [-0.39, 0.29) is 11.8 Å². The zero-order valence-electron chi connectivity index (χ0n) is 17.1. The number of rotatable bonds is 8. The number of carbonyl (C=O) groups is 2. The summed E-state index contributed by atoms with van der Waals surface area (Å²) in [7, 11) is 0. The molecule has 2 amide bonds. The molecule has 0 spiro atoms. The highest BCUT2D eigenvalue weighted by atomic mass is 32.2. The van der Waals surface area contributed by atoms with E-state index in [0.29, 0.717) is 30.6 Å². The summed E-state index contributed by atoms with van der Waals surface area (Å²) in [4.78, 5) is 27.6. The van der Waals surface area contributed by atoms with Gasteiger partial charge in [0.1, 0.15) is 0 Å². The van der Waals surface area contributed by atoms with E-state index in [0.717, 1.165) is 48.4 Å². The maximum Gasteiger partial charge on any atom is 0.252 e. The summed E-state index contributed by atoms with van der Waals surface area (Å²) in [6.07, 6.45) is 4.59. The Morgan fingerprint density at radius 3 is 2.70 bits per heavy atom. The van der Waals surface area contributed by atoms with E-state index < -0.39 is 0 Å². The van der Waals surface area contributed by atoms with Gasteiger partial charge in [-0.1, -0.05) is 30.7 Å². The van der Waals surface area contributed by atoms with Crippen LogP contribution in [0.1, 0.15) is 53.6 Å². The SMILES string of the molecule is N#Cc1ccc(CSc2ccccc2C(=O)NCCCN2CCCCCC2=O)cc1. The summed E-state index contributed by atoms with van der Waals surface area (Å²) >= 11 is 1.61. The van der Waals surface area contributed by atoms with Gasteiger partial charge in [-0.05, 0) is 49.1 Å². The molecule has 1 aliphatic heterocycles. The van der Waals surface area contributed by atoms with Crippen molar-refractivity contribution in [2.24, 2.45) is 0 Å². The first-order valence-electron chi connectivity index (χ1n) is 10.4. The van der Waals surface area contributed by atoms with Crippen molar-refractivity contribution in [1.29, 1.82) is 5.26 Å². The second-order valence-electron chi connectivity index (χ2n) is 7.39. The topological polar surface area (TPSA) is 73.2 Å². The number of carbonyl (C=O) groups excluding carboxylic acids is 2. The van der Waals surface area contributed by atoms with Crippen LogP contribution in [0.2, 0.25) is 0 Å². The lowest BCUT2D eigenvalue weighted by Gasteiger charge is -2.20. The third kappa shape index (κ3) is 6.36. The first kappa shape index (κ1) is 21.9. The third-order valence-electron chi connectivity index (χ3n) is 5.17. The highest BCUT2D eigenvalue weighted by Gasteiger charge is 2.16. The van der Waals surface area contributed by atoms with Crippen LogP contribution in [0.4, 0.5) is 0 Å². The Bertz CT molecular complexity index is 905. The fourth-order valence-corrected chi connectivity index (χ4v) is 4.46. The maximum absolute atomic E-state index is 12.7. The fourth-order valence-electron chi connectivity index (χ4n) is 3.46. The van der Waals surface area contributed by atoms with Crippen molar-refractivity contribution in [2.45, 2.75) is 42.8 Å². The fraction of sp³-hybridized carbons (Fsp3) is 0.375. The number of nitrogens with one attached hydrogen (secondary N) is 1. The lowest BCUT2D eigenvalue weighted by molar-refractivity contribution is -0.130. The molecule has 5 nitrogen and oxygen atoms in total. The molecule has 1 N–H and O–H groups in total. The van der Waals surface area contributed by atoms with Crippen LogP contribution in [0.25, 0.3) is 0 Å². The summed E-state index contributed by atoms with van der Waals surface area (Å²) < 4.78 is 0. The van der Waals surface area contributed by atoms with Crippen molar-refractivity contribution < 1.29 is 9.59 Å². The van der Waals surface area contributed by atoms with Crippen LogP contribution >= 0.6 is 11.8 Å². The van der Waals surface area contributed by atoms with E-state index in [4.69, 9.17) is 5.26 Å². The molecule has 1 saturated heterocycles. The minimum atomic E-state index is -0.0832. The number of hydrogen-bond acceptors (Lipinski definition) is 4. The average molecular weight is 422 g/mol. The molecule has 1 fully saturated rings. The van der Waals surface area contributed by atoms with E-state index in [1.807, 2.05) is 53.4 Å². The number of thioether (sulfide) groups is 1. The standard InChI is InChI=1S/C24H27N3O2S/c25-17-19-10-12-20(13-11-19)18-30-22-8-4-3-7-21(22)24(29)26-14-6-16-27-15-5-1-2-9-23(27)28/h3-4,7-8,10-13H,1-2,5-6,9,14-16,18H2,(H,26,29). The van der Waals surface area contributed by atoms with E-state index >= 15 is 0 Å². The molecule has 0 saturated carbocycles.